The highest BCUT2D eigenvalue weighted by Crippen LogP contribution is 2.39. The molecule has 13 nitrogen and oxygen atoms in total. The number of anilines is 1. The average molecular weight is 799 g/mol. The highest BCUT2D eigenvalue weighted by molar-refractivity contribution is 7.91. The van der Waals surface area contributed by atoms with E-state index in [1.807, 2.05) is 6.92 Å². The van der Waals surface area contributed by atoms with Gasteiger partial charge in [0.15, 0.2) is 6.29 Å². The van der Waals surface area contributed by atoms with Crippen LogP contribution in [-0.4, -0.2) is 83.6 Å². The smallest absolute Gasteiger partial charge is 0.410 e. The number of pyridine rings is 1. The van der Waals surface area contributed by atoms with E-state index < -0.39 is 44.5 Å². The Bertz CT molecular complexity index is 2090. The van der Waals surface area contributed by atoms with Crippen LogP contribution >= 0.6 is 0 Å². The van der Waals surface area contributed by atoms with Gasteiger partial charge >= 0.3 is 6.09 Å². The summed E-state index contributed by atoms with van der Waals surface area (Å²) in [7, 11) is -3.34. The summed E-state index contributed by atoms with van der Waals surface area (Å²) in [5.41, 5.74) is -1.32. The number of hydrogen-bond donors (Lipinski definition) is 1. The number of nitrogens with one attached hydrogen (secondary N) is 1. The molecule has 6 rings (SSSR count). The first-order chi connectivity index (χ1) is 26.5. The molecular weight excluding hydrogens is 747 g/mol. The van der Waals surface area contributed by atoms with Crippen LogP contribution in [0.1, 0.15) is 102 Å². The van der Waals surface area contributed by atoms with Gasteiger partial charge in [0.1, 0.15) is 33.2 Å². The van der Waals surface area contributed by atoms with Gasteiger partial charge in [-0.05, 0) is 89.8 Å². The van der Waals surface area contributed by atoms with E-state index in [2.05, 4.69) is 21.4 Å². The van der Waals surface area contributed by atoms with Crippen LogP contribution in [0.25, 0.3) is 11.0 Å². The van der Waals surface area contributed by atoms with Crippen molar-refractivity contribution >= 4 is 32.8 Å². The number of ether oxygens (including phenoxy) is 3. The number of nitriles is 1. The van der Waals surface area contributed by atoms with Crippen molar-refractivity contribution in [3.8, 4) is 6.07 Å². The highest BCUT2D eigenvalue weighted by Gasteiger charge is 2.42. The minimum atomic E-state index is -3.34. The summed E-state index contributed by atoms with van der Waals surface area (Å²) in [6.45, 7) is 9.40. The van der Waals surface area contributed by atoms with E-state index in [1.165, 1.54) is 23.4 Å². The van der Waals surface area contributed by atoms with Gasteiger partial charge in [0.2, 0.25) is 0 Å². The number of unbranched alkanes of at least 4 members (excludes halogenated alkanes) is 2. The summed E-state index contributed by atoms with van der Waals surface area (Å²) >= 11 is 0. The molecule has 1 atom stereocenters. The molecule has 16 heteroatoms. The van der Waals surface area contributed by atoms with Crippen molar-refractivity contribution in [3.63, 3.8) is 0 Å². The Hall–Kier alpha value is -4.20. The summed E-state index contributed by atoms with van der Waals surface area (Å²) in [5.74, 6) is -3.21. The van der Waals surface area contributed by atoms with Gasteiger partial charge < -0.3 is 24.4 Å². The fraction of sp³-hybridized carbons (Fsp3) is 0.625. The van der Waals surface area contributed by atoms with Crippen LogP contribution in [0.3, 0.4) is 0 Å². The number of aromatic nitrogens is 3. The number of aryl methyl sites for hydroxylation is 1. The van der Waals surface area contributed by atoms with Crippen LogP contribution in [0.5, 0.6) is 0 Å². The second-order valence-corrected chi connectivity index (χ2v) is 18.6. The van der Waals surface area contributed by atoms with Crippen molar-refractivity contribution in [2.75, 3.05) is 43.1 Å². The molecule has 3 fully saturated rings. The lowest BCUT2D eigenvalue weighted by atomic mass is 9.77. The first-order valence-corrected chi connectivity index (χ1v) is 21.3. The zero-order valence-corrected chi connectivity index (χ0v) is 33.4. The summed E-state index contributed by atoms with van der Waals surface area (Å²) in [4.78, 5) is 37.0. The van der Waals surface area contributed by atoms with E-state index >= 15 is 8.78 Å². The molecule has 0 spiro atoms. The molecule has 1 N–H and O–H groups in total. The zero-order valence-electron chi connectivity index (χ0n) is 32.6. The number of hydrogen-bond acceptors (Lipinski definition) is 11. The number of fused-ring (bicyclic) bond motifs is 1. The Balaban J connectivity index is 1.21. The van der Waals surface area contributed by atoms with Gasteiger partial charge in [-0.25, -0.2) is 32.0 Å². The van der Waals surface area contributed by atoms with Crippen LogP contribution in [0.15, 0.2) is 41.5 Å². The maximum Gasteiger partial charge on any atom is 0.410 e. The predicted octanol–water partition coefficient (Wildman–Crippen LogP) is 6.61. The van der Waals surface area contributed by atoms with Crippen molar-refractivity contribution in [1.29, 1.82) is 5.26 Å². The van der Waals surface area contributed by atoms with Crippen LogP contribution in [0, 0.1) is 17.2 Å². The fourth-order valence-electron chi connectivity index (χ4n) is 7.59. The van der Waals surface area contributed by atoms with Crippen molar-refractivity contribution in [2.45, 2.75) is 115 Å². The standard InChI is InChI=1S/C40H52F2N6O7S/c1-27(29-9-8-10-30(21-29)40(41,42)13-12-28-23-47(24-28)37(50)55-38(2,3)4)46-34-31-22-32(39(25-43)14-19-56(51,52)20-15-39)36(49)48(35(31)45-26-44-34)16-7-5-6-11-33-53-17-18-54-33/h8-10,21-22,26-28,33H,5-7,11-20,23-24H2,1-4H3,(H,44,45,46)/t27-/m1/s1. The second kappa shape index (κ2) is 16.7. The van der Waals surface area contributed by atoms with Gasteiger partial charge in [-0.2, -0.15) is 5.26 Å². The molecule has 0 bridgehead atoms. The van der Waals surface area contributed by atoms with E-state index in [4.69, 9.17) is 14.2 Å². The molecule has 0 unspecified atom stereocenters. The van der Waals surface area contributed by atoms with Gasteiger partial charge in [0, 0.05) is 43.2 Å². The normalized spacial score (nSPS) is 19.3. The molecule has 0 saturated carbocycles. The number of alkyl halides is 2. The topological polar surface area (TPSA) is 166 Å². The third-order valence-electron chi connectivity index (χ3n) is 10.9. The molecule has 1 amide bonds. The van der Waals surface area contributed by atoms with Gasteiger partial charge in [0.05, 0.1) is 41.6 Å². The number of carbonyl (C=O) groups is 1. The van der Waals surface area contributed by atoms with E-state index in [0.29, 0.717) is 61.7 Å². The molecule has 3 aliphatic rings. The van der Waals surface area contributed by atoms with Crippen LogP contribution in [0.2, 0.25) is 0 Å². The Morgan fingerprint density at radius 1 is 1.09 bits per heavy atom. The first-order valence-electron chi connectivity index (χ1n) is 19.5. The quantitative estimate of drug-likeness (QED) is 0.175. The van der Waals surface area contributed by atoms with Gasteiger partial charge in [-0.1, -0.05) is 24.6 Å². The molecule has 2 aromatic heterocycles. The number of nitrogens with zero attached hydrogens (tertiary/aromatic N) is 5. The van der Waals surface area contributed by atoms with Gasteiger partial charge in [0.25, 0.3) is 11.5 Å². The van der Waals surface area contributed by atoms with Crippen LogP contribution in [-0.2, 0) is 41.9 Å². The first kappa shape index (κ1) is 41.4. The van der Waals surface area contributed by atoms with Crippen molar-refractivity contribution in [3.05, 3.63) is 63.7 Å². The number of amides is 1. The molecule has 304 valence electrons. The molecule has 0 aliphatic carbocycles. The SMILES string of the molecule is C[C@@H](Nc1ncnc2c1cc(C1(C#N)CCS(=O)(=O)CC1)c(=O)n2CCCCCC1OCCO1)c1cccc(C(F)(F)CCC2CN(C(=O)OC(C)(C)C)C2)c1. The summed E-state index contributed by atoms with van der Waals surface area (Å²) in [6, 6.07) is 9.63. The van der Waals surface area contributed by atoms with Crippen molar-refractivity contribution in [2.24, 2.45) is 5.92 Å². The van der Waals surface area contributed by atoms with E-state index in [-0.39, 0.29) is 60.5 Å². The Kier molecular flexibility index (Phi) is 12.4. The number of sulfone groups is 1. The van der Waals surface area contributed by atoms with Crippen LogP contribution in [0.4, 0.5) is 19.4 Å². The second-order valence-electron chi connectivity index (χ2n) is 16.3. The predicted molar refractivity (Wildman–Crippen MR) is 206 cm³/mol. The van der Waals surface area contributed by atoms with Crippen molar-refractivity contribution < 1.29 is 36.2 Å². The minimum absolute atomic E-state index is 0.00935. The number of benzene rings is 1. The molecule has 1 aromatic carbocycles. The number of halogens is 2. The largest absolute Gasteiger partial charge is 0.444 e. The lowest BCUT2D eigenvalue weighted by molar-refractivity contribution is -0.0480. The number of carbonyl (C=O) groups excluding carboxylic acids is 1. The molecule has 3 aliphatic heterocycles. The summed E-state index contributed by atoms with van der Waals surface area (Å²) in [6.07, 6.45) is 3.51. The zero-order chi connectivity index (χ0) is 40.3. The molecule has 3 saturated heterocycles. The van der Waals surface area contributed by atoms with Crippen molar-refractivity contribution in [1.82, 2.24) is 19.4 Å². The Labute approximate surface area is 326 Å². The van der Waals surface area contributed by atoms with E-state index in [9.17, 15) is 23.3 Å². The third-order valence-corrected chi connectivity index (χ3v) is 12.6. The van der Waals surface area contributed by atoms with E-state index in [1.54, 1.807) is 43.5 Å². The maximum atomic E-state index is 15.6. The average Bonchev–Trinajstić information content (AvgIpc) is 3.65. The third kappa shape index (κ3) is 9.66. The van der Waals surface area contributed by atoms with Gasteiger partial charge in [-0.15, -0.1) is 0 Å². The Morgan fingerprint density at radius 2 is 1.80 bits per heavy atom. The molecule has 3 aromatic rings. The summed E-state index contributed by atoms with van der Waals surface area (Å²) < 4.78 is 74.0. The van der Waals surface area contributed by atoms with Crippen LogP contribution < -0.4 is 10.9 Å². The molecule has 5 heterocycles. The molecular formula is C40H52F2N6O7S. The molecule has 0 radical (unpaired) electrons. The van der Waals surface area contributed by atoms with Gasteiger partial charge in [-0.3, -0.25) is 9.36 Å². The molecule has 56 heavy (non-hydrogen) atoms. The maximum absolute atomic E-state index is 15.6. The van der Waals surface area contributed by atoms with E-state index in [0.717, 1.165) is 19.3 Å². The minimum Gasteiger partial charge on any atom is -0.444 e. The lowest BCUT2D eigenvalue weighted by Gasteiger charge is -2.40. The highest BCUT2D eigenvalue weighted by atomic mass is 32.2. The monoisotopic (exact) mass is 798 g/mol. The Morgan fingerprint density at radius 3 is 2.48 bits per heavy atom. The lowest BCUT2D eigenvalue weighted by Crippen LogP contribution is -2.51. The summed E-state index contributed by atoms with van der Waals surface area (Å²) in [5, 5.41) is 14.3. The fourth-order valence-corrected chi connectivity index (χ4v) is 9.11. The number of likely N-dealkylation sites (tertiary alicyclic amines) is 1. The number of rotatable bonds is 14.